The van der Waals surface area contributed by atoms with Crippen LogP contribution in [0.25, 0.3) is 0 Å². The minimum atomic E-state index is -0.834. The SMILES string of the molecule is OCc1nc(F)[nH]c1C(c1ccccc1)(c1ccccc1)c1ccccc1. The number of rotatable bonds is 5. The van der Waals surface area contributed by atoms with Gasteiger partial charge in [-0.15, -0.1) is 0 Å². The van der Waals surface area contributed by atoms with E-state index < -0.39 is 11.5 Å². The second-order valence-electron chi connectivity index (χ2n) is 6.36. The lowest BCUT2D eigenvalue weighted by atomic mass is 9.66. The highest BCUT2D eigenvalue weighted by Gasteiger charge is 2.41. The first-order valence-corrected chi connectivity index (χ1v) is 8.79. The van der Waals surface area contributed by atoms with E-state index in [1.165, 1.54) is 0 Å². The zero-order chi connectivity index (χ0) is 18.7. The second-order valence-corrected chi connectivity index (χ2v) is 6.36. The summed E-state index contributed by atoms with van der Waals surface area (Å²) < 4.78 is 14.2. The number of nitrogens with one attached hydrogen (secondary N) is 1. The van der Waals surface area contributed by atoms with Crippen LogP contribution in [0.1, 0.15) is 28.1 Å². The largest absolute Gasteiger partial charge is 0.390 e. The molecule has 1 heterocycles. The molecule has 3 nitrogen and oxygen atoms in total. The van der Waals surface area contributed by atoms with Gasteiger partial charge >= 0.3 is 0 Å². The molecule has 0 fully saturated rings. The Kier molecular flexibility index (Phi) is 4.57. The highest BCUT2D eigenvalue weighted by molar-refractivity contribution is 5.58. The van der Waals surface area contributed by atoms with Gasteiger partial charge in [-0.25, -0.2) is 4.98 Å². The molecular formula is C23H19FN2O. The summed E-state index contributed by atoms with van der Waals surface area (Å²) >= 11 is 0. The van der Waals surface area contributed by atoms with Crippen LogP contribution in [0.3, 0.4) is 0 Å². The number of nitrogens with zero attached hydrogens (tertiary/aromatic N) is 1. The Bertz CT molecular complexity index is 918. The first-order valence-electron chi connectivity index (χ1n) is 8.79. The third-order valence-corrected chi connectivity index (χ3v) is 4.90. The van der Waals surface area contributed by atoms with Crippen LogP contribution in [-0.4, -0.2) is 15.1 Å². The molecule has 27 heavy (non-hydrogen) atoms. The molecule has 0 amide bonds. The van der Waals surface area contributed by atoms with Crippen molar-refractivity contribution in [3.8, 4) is 0 Å². The van der Waals surface area contributed by atoms with Crippen molar-refractivity contribution in [2.24, 2.45) is 0 Å². The topological polar surface area (TPSA) is 48.9 Å². The van der Waals surface area contributed by atoms with E-state index in [1.807, 2.05) is 91.0 Å². The second kappa shape index (κ2) is 7.17. The highest BCUT2D eigenvalue weighted by atomic mass is 19.1. The molecule has 0 radical (unpaired) electrons. The standard InChI is InChI=1S/C23H19FN2O/c24-22-25-20(16-27)21(26-22)23(17-10-4-1-5-11-17,18-12-6-2-7-13-18)19-14-8-3-9-15-19/h1-15,27H,16H2,(H,25,26). The third-order valence-electron chi connectivity index (χ3n) is 4.90. The molecule has 3 aromatic carbocycles. The molecule has 0 unspecified atom stereocenters. The lowest BCUT2D eigenvalue weighted by molar-refractivity contribution is 0.274. The van der Waals surface area contributed by atoms with Gasteiger partial charge in [0.2, 0.25) is 0 Å². The number of aromatic nitrogens is 2. The number of imidazole rings is 1. The fourth-order valence-corrected chi connectivity index (χ4v) is 3.80. The van der Waals surface area contributed by atoms with E-state index in [1.54, 1.807) is 0 Å². The van der Waals surface area contributed by atoms with Crippen molar-refractivity contribution in [1.82, 2.24) is 9.97 Å². The Morgan fingerprint density at radius 1 is 0.741 bits per heavy atom. The molecule has 0 aliphatic carbocycles. The molecule has 4 rings (SSSR count). The molecule has 0 aliphatic rings. The Hall–Kier alpha value is -3.24. The molecule has 0 atom stereocenters. The Labute approximate surface area is 157 Å². The Morgan fingerprint density at radius 2 is 1.15 bits per heavy atom. The number of hydrogen-bond donors (Lipinski definition) is 2. The number of aliphatic hydroxyl groups is 1. The third kappa shape index (κ3) is 2.84. The van der Waals surface area contributed by atoms with Gasteiger partial charge in [0.15, 0.2) is 0 Å². The molecule has 0 bridgehead atoms. The maximum absolute atomic E-state index is 14.2. The molecule has 1 aromatic heterocycles. The summed E-state index contributed by atoms with van der Waals surface area (Å²) in [5.74, 6) is 0. The summed E-state index contributed by atoms with van der Waals surface area (Å²) in [5, 5.41) is 9.89. The molecule has 2 N–H and O–H groups in total. The van der Waals surface area contributed by atoms with E-state index >= 15 is 0 Å². The molecule has 4 aromatic rings. The average molecular weight is 358 g/mol. The number of H-pyrrole nitrogens is 1. The maximum Gasteiger partial charge on any atom is 0.287 e. The molecule has 0 saturated heterocycles. The maximum atomic E-state index is 14.2. The van der Waals surface area contributed by atoms with E-state index in [9.17, 15) is 9.50 Å². The van der Waals surface area contributed by atoms with Crippen LogP contribution in [0, 0.1) is 6.08 Å². The van der Waals surface area contributed by atoms with E-state index in [-0.39, 0.29) is 6.61 Å². The number of benzene rings is 3. The van der Waals surface area contributed by atoms with Gasteiger partial charge in [0.1, 0.15) is 0 Å². The summed E-state index contributed by atoms with van der Waals surface area (Å²) in [4.78, 5) is 6.69. The van der Waals surface area contributed by atoms with Crippen LogP contribution in [-0.2, 0) is 12.0 Å². The number of aromatic amines is 1. The fourth-order valence-electron chi connectivity index (χ4n) is 3.80. The summed E-state index contributed by atoms with van der Waals surface area (Å²) in [7, 11) is 0. The number of hydrogen-bond acceptors (Lipinski definition) is 2. The van der Waals surface area contributed by atoms with Crippen LogP contribution < -0.4 is 0 Å². The van der Waals surface area contributed by atoms with E-state index in [0.29, 0.717) is 11.4 Å². The van der Waals surface area contributed by atoms with Gasteiger partial charge in [0.25, 0.3) is 6.08 Å². The van der Waals surface area contributed by atoms with Gasteiger partial charge in [-0.1, -0.05) is 91.0 Å². The van der Waals surface area contributed by atoms with Gasteiger partial charge < -0.3 is 10.1 Å². The van der Waals surface area contributed by atoms with E-state index in [4.69, 9.17) is 0 Å². The van der Waals surface area contributed by atoms with Crippen LogP contribution in [0.15, 0.2) is 91.0 Å². The zero-order valence-electron chi connectivity index (χ0n) is 14.6. The van der Waals surface area contributed by atoms with Crippen molar-refractivity contribution in [2.45, 2.75) is 12.0 Å². The van der Waals surface area contributed by atoms with Gasteiger partial charge in [-0.05, 0) is 16.7 Å². The molecule has 0 aliphatic heterocycles. The lowest BCUT2D eigenvalue weighted by Gasteiger charge is -2.35. The van der Waals surface area contributed by atoms with E-state index in [2.05, 4.69) is 9.97 Å². The summed E-state index contributed by atoms with van der Waals surface area (Å²) in [6.07, 6.45) is -0.707. The van der Waals surface area contributed by atoms with Crippen molar-refractivity contribution in [3.05, 3.63) is 125 Å². The summed E-state index contributed by atoms with van der Waals surface area (Å²) in [6.45, 7) is -0.357. The minimum absolute atomic E-state index is 0.295. The van der Waals surface area contributed by atoms with Crippen molar-refractivity contribution >= 4 is 0 Å². The van der Waals surface area contributed by atoms with Crippen molar-refractivity contribution in [1.29, 1.82) is 0 Å². The average Bonchev–Trinajstić information content (AvgIpc) is 3.12. The molecule has 0 spiro atoms. The normalized spacial score (nSPS) is 11.5. The van der Waals surface area contributed by atoms with Crippen LogP contribution in [0.2, 0.25) is 0 Å². The predicted octanol–water partition coefficient (Wildman–Crippen LogP) is 4.42. The fraction of sp³-hybridized carbons (Fsp3) is 0.0870. The lowest BCUT2D eigenvalue weighted by Crippen LogP contribution is -2.32. The van der Waals surface area contributed by atoms with Gasteiger partial charge in [0, 0.05) is 0 Å². The first-order chi connectivity index (χ1) is 13.3. The number of halogens is 1. The smallest absolute Gasteiger partial charge is 0.287 e. The van der Waals surface area contributed by atoms with Crippen LogP contribution in [0.4, 0.5) is 4.39 Å². The molecule has 0 saturated carbocycles. The Balaban J connectivity index is 2.16. The molecule has 134 valence electrons. The quantitative estimate of drug-likeness (QED) is 0.519. The minimum Gasteiger partial charge on any atom is -0.390 e. The Morgan fingerprint density at radius 3 is 1.52 bits per heavy atom. The number of aliphatic hydroxyl groups excluding tert-OH is 1. The van der Waals surface area contributed by atoms with E-state index in [0.717, 1.165) is 16.7 Å². The van der Waals surface area contributed by atoms with Crippen molar-refractivity contribution < 1.29 is 9.50 Å². The van der Waals surface area contributed by atoms with Crippen LogP contribution >= 0.6 is 0 Å². The summed E-state index contributed by atoms with van der Waals surface area (Å²) in [5.41, 5.74) is 2.87. The van der Waals surface area contributed by atoms with Crippen LogP contribution in [0.5, 0.6) is 0 Å². The molecule has 4 heteroatoms. The van der Waals surface area contributed by atoms with Gasteiger partial charge in [-0.3, -0.25) is 0 Å². The van der Waals surface area contributed by atoms with Crippen molar-refractivity contribution in [2.75, 3.05) is 0 Å². The van der Waals surface area contributed by atoms with Crippen molar-refractivity contribution in [3.63, 3.8) is 0 Å². The van der Waals surface area contributed by atoms with Gasteiger partial charge in [-0.2, -0.15) is 4.39 Å². The monoisotopic (exact) mass is 358 g/mol. The molecular weight excluding hydrogens is 339 g/mol. The zero-order valence-corrected chi connectivity index (χ0v) is 14.6. The summed E-state index contributed by atoms with van der Waals surface area (Å²) in [6, 6.07) is 29.7. The predicted molar refractivity (Wildman–Crippen MR) is 103 cm³/mol. The van der Waals surface area contributed by atoms with Gasteiger partial charge in [0.05, 0.1) is 23.4 Å². The first kappa shape index (κ1) is 17.2. The highest BCUT2D eigenvalue weighted by Crippen LogP contribution is 2.45.